The second-order valence-electron chi connectivity index (χ2n) is 15.3. The maximum Gasteiger partial charge on any atom is 0.121 e. The highest BCUT2D eigenvalue weighted by molar-refractivity contribution is 5.90. The number of hydrogen-bond acceptors (Lipinski definition) is 5. The zero-order valence-electron chi connectivity index (χ0n) is 30.4. The van der Waals surface area contributed by atoms with E-state index in [0.29, 0.717) is 12.0 Å². The molecule has 3 atom stereocenters. The molecule has 0 spiro atoms. The third kappa shape index (κ3) is 4.96. The van der Waals surface area contributed by atoms with E-state index < -0.39 is 5.41 Å². The Labute approximate surface area is 311 Å². The molecule has 0 fully saturated rings. The Kier molecular flexibility index (Phi) is 7.65. The molecule has 3 aromatic carbocycles. The van der Waals surface area contributed by atoms with Gasteiger partial charge in [0.1, 0.15) is 5.82 Å². The van der Waals surface area contributed by atoms with Crippen molar-refractivity contribution in [3.05, 3.63) is 136 Å². The van der Waals surface area contributed by atoms with Crippen molar-refractivity contribution in [1.82, 2.24) is 4.57 Å². The summed E-state index contributed by atoms with van der Waals surface area (Å²) in [5.41, 5.74) is 14.3. The lowest BCUT2D eigenvalue weighted by Crippen LogP contribution is -2.42. The van der Waals surface area contributed by atoms with Gasteiger partial charge in [0.25, 0.3) is 0 Å². The van der Waals surface area contributed by atoms with Crippen LogP contribution in [0.25, 0.3) is 34.5 Å². The maximum atomic E-state index is 10.3. The van der Waals surface area contributed by atoms with Gasteiger partial charge < -0.3 is 9.80 Å². The van der Waals surface area contributed by atoms with E-state index in [9.17, 15) is 15.8 Å². The van der Waals surface area contributed by atoms with Gasteiger partial charge in [0.2, 0.25) is 0 Å². The summed E-state index contributed by atoms with van der Waals surface area (Å²) in [4.78, 5) is 4.83. The van der Waals surface area contributed by atoms with Crippen LogP contribution in [0.3, 0.4) is 0 Å². The van der Waals surface area contributed by atoms with Gasteiger partial charge in [-0.3, -0.25) is 4.57 Å². The number of hydrogen-bond donors (Lipinski definition) is 0. The predicted octanol–water partition coefficient (Wildman–Crippen LogP) is 10.3. The van der Waals surface area contributed by atoms with Crippen LogP contribution >= 0.6 is 0 Å². The molecule has 3 aliphatic carbocycles. The average molecular weight is 689 g/mol. The number of allylic oxidation sites excluding steroid dienone is 6. The van der Waals surface area contributed by atoms with E-state index in [1.165, 1.54) is 22.6 Å². The molecule has 0 saturated carbocycles. The molecular formula is C47H40N6. The fourth-order valence-electron chi connectivity index (χ4n) is 9.69. The Hall–Kier alpha value is -6.29. The molecule has 1 aromatic heterocycles. The van der Waals surface area contributed by atoms with E-state index in [2.05, 4.69) is 138 Å². The zero-order chi connectivity index (χ0) is 36.4. The molecule has 5 aliphatic rings. The van der Waals surface area contributed by atoms with Crippen LogP contribution in [0.2, 0.25) is 0 Å². The number of rotatable bonds is 4. The Bertz CT molecular complexity index is 2520. The van der Waals surface area contributed by atoms with E-state index in [1.54, 1.807) is 0 Å². The van der Waals surface area contributed by atoms with Crippen molar-refractivity contribution >= 4 is 34.9 Å². The Balaban J connectivity index is 1.34. The monoisotopic (exact) mass is 688 g/mol. The van der Waals surface area contributed by atoms with Gasteiger partial charge in [-0.1, -0.05) is 67.6 Å². The minimum atomic E-state index is -0.447. The molecule has 53 heavy (non-hydrogen) atoms. The average Bonchev–Trinajstić information content (AvgIpc) is 3.67. The van der Waals surface area contributed by atoms with Crippen LogP contribution in [0.4, 0.5) is 17.2 Å². The van der Waals surface area contributed by atoms with Crippen LogP contribution in [0.15, 0.2) is 102 Å². The lowest BCUT2D eigenvalue weighted by molar-refractivity contribution is 0.435. The predicted molar refractivity (Wildman–Crippen MR) is 214 cm³/mol. The number of nitriles is 3. The first-order valence-corrected chi connectivity index (χ1v) is 18.7. The highest BCUT2D eigenvalue weighted by Crippen LogP contribution is 2.55. The van der Waals surface area contributed by atoms with Gasteiger partial charge in [-0.2, -0.15) is 15.8 Å². The fraction of sp³-hybridized carbons (Fsp3) is 0.255. The highest BCUT2D eigenvalue weighted by atomic mass is 15.2. The normalized spacial score (nSPS) is 22.3. The first-order chi connectivity index (χ1) is 25.8. The van der Waals surface area contributed by atoms with Crippen molar-refractivity contribution in [3.63, 3.8) is 0 Å². The summed E-state index contributed by atoms with van der Waals surface area (Å²) in [6, 6.07) is 29.0. The molecule has 3 heterocycles. The summed E-state index contributed by atoms with van der Waals surface area (Å²) in [6.07, 6.45) is 19.7. The summed E-state index contributed by atoms with van der Waals surface area (Å²) in [6.45, 7) is 5.28. The minimum Gasteiger partial charge on any atom is -0.357 e. The van der Waals surface area contributed by atoms with Gasteiger partial charge in [-0.05, 0) is 115 Å². The summed E-state index contributed by atoms with van der Waals surface area (Å²) in [5.74, 6) is 1.41. The summed E-state index contributed by atoms with van der Waals surface area (Å²) < 4.78 is 2.49. The van der Waals surface area contributed by atoms with E-state index in [0.717, 1.165) is 88.3 Å². The summed E-state index contributed by atoms with van der Waals surface area (Å²) >= 11 is 0. The molecule has 3 unspecified atom stereocenters. The fourth-order valence-corrected chi connectivity index (χ4v) is 9.69. The summed E-state index contributed by atoms with van der Waals surface area (Å²) in [7, 11) is 2.18. The van der Waals surface area contributed by atoms with Gasteiger partial charge >= 0.3 is 0 Å². The standard InChI is InChI=1S/C47H40N6/c1-30-10-8-11-33(29-50)45(30)39-14-5-4-12-37(39)34-23-35(25-36(24-34)53-42-16-7-6-13-38(42)40-15-9-21-51(3)46(40)53)52-43-19-17-31(27-48)22-41(43)47(2)26-32(28-49)18-20-44(47)52/h4-6,8-9,11-15,17,19,22-26,30,44H,7,10,16,18,20-21H2,1-3H3. The van der Waals surface area contributed by atoms with Crippen molar-refractivity contribution in [3.8, 4) is 35.0 Å². The van der Waals surface area contributed by atoms with Gasteiger partial charge in [-0.15, -0.1) is 0 Å². The molecule has 258 valence electrons. The number of fused-ring (bicyclic) bond motifs is 6. The number of likely N-dealkylation sites (N-methyl/N-ethyl adjacent to an activating group) is 1. The van der Waals surface area contributed by atoms with Crippen LogP contribution in [-0.2, 0) is 11.8 Å². The van der Waals surface area contributed by atoms with Crippen molar-refractivity contribution in [2.45, 2.75) is 57.4 Å². The van der Waals surface area contributed by atoms with Crippen LogP contribution in [0.5, 0.6) is 0 Å². The smallest absolute Gasteiger partial charge is 0.121 e. The number of aromatic nitrogens is 1. The summed E-state index contributed by atoms with van der Waals surface area (Å²) in [5, 5.41) is 30.3. The third-order valence-electron chi connectivity index (χ3n) is 12.1. The molecule has 0 bridgehead atoms. The van der Waals surface area contributed by atoms with Crippen LogP contribution in [-0.4, -0.2) is 24.2 Å². The molecule has 0 saturated heterocycles. The lowest BCUT2D eigenvalue weighted by Gasteiger charge is -2.38. The molecule has 0 radical (unpaired) electrons. The quantitative estimate of drug-likeness (QED) is 0.213. The number of anilines is 3. The minimum absolute atomic E-state index is 0.0549. The lowest BCUT2D eigenvalue weighted by atomic mass is 9.71. The van der Waals surface area contributed by atoms with E-state index in [1.807, 2.05) is 18.2 Å². The zero-order valence-corrected chi connectivity index (χ0v) is 30.4. The van der Waals surface area contributed by atoms with Gasteiger partial charge in [0, 0.05) is 64.5 Å². The molecule has 6 heteroatoms. The Morgan fingerprint density at radius 2 is 1.62 bits per heavy atom. The van der Waals surface area contributed by atoms with Gasteiger partial charge in [0.15, 0.2) is 0 Å². The van der Waals surface area contributed by atoms with Crippen LogP contribution in [0, 0.1) is 39.9 Å². The second-order valence-corrected chi connectivity index (χ2v) is 15.3. The van der Waals surface area contributed by atoms with Crippen molar-refractivity contribution in [2.75, 3.05) is 23.4 Å². The molecular weight excluding hydrogens is 649 g/mol. The Morgan fingerprint density at radius 1 is 0.811 bits per heavy atom. The second kappa shape index (κ2) is 12.4. The number of benzene rings is 3. The molecule has 0 amide bonds. The largest absolute Gasteiger partial charge is 0.357 e. The first kappa shape index (κ1) is 32.6. The molecule has 6 nitrogen and oxygen atoms in total. The van der Waals surface area contributed by atoms with Crippen LogP contribution < -0.4 is 9.80 Å². The van der Waals surface area contributed by atoms with Crippen molar-refractivity contribution < 1.29 is 0 Å². The molecule has 9 rings (SSSR count). The highest BCUT2D eigenvalue weighted by Gasteiger charge is 2.49. The third-order valence-corrected chi connectivity index (χ3v) is 12.1. The van der Waals surface area contributed by atoms with E-state index in [-0.39, 0.29) is 12.0 Å². The van der Waals surface area contributed by atoms with Crippen LogP contribution in [0.1, 0.15) is 73.0 Å². The SMILES string of the molecule is CC1CC=CC(C#N)=C1c1ccccc1-c1cc(N2c3ccc(C#N)cc3C3(C)C=C(C#N)CCC23)cc(-n2c3c(c4c2N(C)CC=C4)C=CCC3)c1. The van der Waals surface area contributed by atoms with Crippen molar-refractivity contribution in [1.29, 1.82) is 15.8 Å². The maximum absolute atomic E-state index is 10.3. The van der Waals surface area contributed by atoms with Crippen molar-refractivity contribution in [2.24, 2.45) is 5.92 Å². The topological polar surface area (TPSA) is 82.8 Å². The molecule has 4 aromatic rings. The first-order valence-electron chi connectivity index (χ1n) is 18.7. The van der Waals surface area contributed by atoms with Gasteiger partial charge in [0.05, 0.1) is 29.3 Å². The van der Waals surface area contributed by atoms with Gasteiger partial charge in [-0.25, -0.2) is 0 Å². The molecule has 2 aliphatic heterocycles. The van der Waals surface area contributed by atoms with E-state index in [4.69, 9.17) is 0 Å². The number of nitrogens with zero attached hydrogens (tertiary/aromatic N) is 6. The Morgan fingerprint density at radius 3 is 2.43 bits per heavy atom. The molecule has 0 N–H and O–H groups in total. The van der Waals surface area contributed by atoms with E-state index >= 15 is 0 Å².